The van der Waals surface area contributed by atoms with Gasteiger partial charge in [0, 0.05) is 5.56 Å². The molecule has 0 saturated carbocycles. The maximum Gasteiger partial charge on any atom is 0.185 e. The van der Waals surface area contributed by atoms with E-state index in [9.17, 15) is 4.79 Å². The van der Waals surface area contributed by atoms with E-state index in [4.69, 9.17) is 14.2 Å². The second-order valence-corrected chi connectivity index (χ2v) is 5.42. The van der Waals surface area contributed by atoms with Crippen LogP contribution in [0, 0.1) is 0 Å². The van der Waals surface area contributed by atoms with E-state index in [0.29, 0.717) is 30.3 Å². The molecule has 0 bridgehead atoms. The van der Waals surface area contributed by atoms with Gasteiger partial charge in [-0.3, -0.25) is 4.79 Å². The standard InChI is InChI=1S/C21H24O4/c1-4-13-25-20-12-10-16(14-21(20)24-5-2)9-11-19(22)17-7-6-8-18(15-17)23-3/h6-12,14-15H,4-5,13H2,1-3H3/b11-9+. The summed E-state index contributed by atoms with van der Waals surface area (Å²) in [5, 5.41) is 0. The first-order valence-corrected chi connectivity index (χ1v) is 8.44. The third-order valence-corrected chi connectivity index (χ3v) is 3.51. The van der Waals surface area contributed by atoms with Crippen molar-refractivity contribution in [2.24, 2.45) is 0 Å². The van der Waals surface area contributed by atoms with Gasteiger partial charge in [-0.2, -0.15) is 0 Å². The highest BCUT2D eigenvalue weighted by molar-refractivity contribution is 6.07. The van der Waals surface area contributed by atoms with Crippen molar-refractivity contribution in [3.05, 3.63) is 59.7 Å². The molecule has 0 aliphatic rings. The number of hydrogen-bond acceptors (Lipinski definition) is 4. The number of allylic oxidation sites excluding steroid dienone is 1. The molecule has 0 N–H and O–H groups in total. The first kappa shape index (κ1) is 18.6. The Morgan fingerprint density at radius 1 is 1.04 bits per heavy atom. The molecule has 0 atom stereocenters. The largest absolute Gasteiger partial charge is 0.497 e. The highest BCUT2D eigenvalue weighted by Crippen LogP contribution is 2.29. The Hall–Kier alpha value is -2.75. The van der Waals surface area contributed by atoms with Gasteiger partial charge in [-0.05, 0) is 49.2 Å². The van der Waals surface area contributed by atoms with Crippen LogP contribution in [0.15, 0.2) is 48.5 Å². The monoisotopic (exact) mass is 340 g/mol. The van der Waals surface area contributed by atoms with Crippen LogP contribution in [-0.2, 0) is 0 Å². The zero-order chi connectivity index (χ0) is 18.1. The van der Waals surface area contributed by atoms with Crippen molar-refractivity contribution in [1.29, 1.82) is 0 Å². The lowest BCUT2D eigenvalue weighted by molar-refractivity contribution is 0.104. The van der Waals surface area contributed by atoms with E-state index in [0.717, 1.165) is 17.7 Å². The molecule has 25 heavy (non-hydrogen) atoms. The van der Waals surface area contributed by atoms with Gasteiger partial charge in [0.15, 0.2) is 17.3 Å². The van der Waals surface area contributed by atoms with E-state index in [-0.39, 0.29) is 5.78 Å². The van der Waals surface area contributed by atoms with Crippen LogP contribution in [0.4, 0.5) is 0 Å². The van der Waals surface area contributed by atoms with Gasteiger partial charge in [0.05, 0.1) is 20.3 Å². The molecule has 0 saturated heterocycles. The predicted molar refractivity (Wildman–Crippen MR) is 99.8 cm³/mol. The van der Waals surface area contributed by atoms with Crippen LogP contribution in [0.5, 0.6) is 17.2 Å². The normalized spacial score (nSPS) is 10.7. The van der Waals surface area contributed by atoms with Crippen LogP contribution in [0.2, 0.25) is 0 Å². The Labute approximate surface area is 149 Å². The number of rotatable bonds is 9. The molecule has 4 nitrogen and oxygen atoms in total. The summed E-state index contributed by atoms with van der Waals surface area (Å²) in [5.74, 6) is 1.99. The molecule has 0 unspecified atom stereocenters. The van der Waals surface area contributed by atoms with Crippen molar-refractivity contribution in [2.75, 3.05) is 20.3 Å². The minimum absolute atomic E-state index is 0.0804. The van der Waals surface area contributed by atoms with E-state index in [1.807, 2.05) is 31.2 Å². The summed E-state index contributed by atoms with van der Waals surface area (Å²) in [5.41, 5.74) is 1.46. The molecule has 4 heteroatoms. The second-order valence-electron chi connectivity index (χ2n) is 5.42. The van der Waals surface area contributed by atoms with Gasteiger partial charge < -0.3 is 14.2 Å². The van der Waals surface area contributed by atoms with E-state index >= 15 is 0 Å². The van der Waals surface area contributed by atoms with Crippen LogP contribution in [0.1, 0.15) is 36.2 Å². The molecule has 0 heterocycles. The molecular weight excluding hydrogens is 316 g/mol. The average molecular weight is 340 g/mol. The Morgan fingerprint density at radius 2 is 1.88 bits per heavy atom. The summed E-state index contributed by atoms with van der Waals surface area (Å²) in [6, 6.07) is 12.8. The van der Waals surface area contributed by atoms with Crippen LogP contribution in [0.3, 0.4) is 0 Å². The van der Waals surface area contributed by atoms with Gasteiger partial charge in [0.25, 0.3) is 0 Å². The average Bonchev–Trinajstić information content (AvgIpc) is 2.65. The molecule has 0 radical (unpaired) electrons. The molecule has 0 aliphatic carbocycles. The van der Waals surface area contributed by atoms with Crippen LogP contribution < -0.4 is 14.2 Å². The molecule has 0 aromatic heterocycles. The third kappa shape index (κ3) is 5.38. The van der Waals surface area contributed by atoms with Gasteiger partial charge >= 0.3 is 0 Å². The molecule has 0 aliphatic heterocycles. The number of hydrogen-bond donors (Lipinski definition) is 0. The Kier molecular flexibility index (Phi) is 7.08. The highest BCUT2D eigenvalue weighted by atomic mass is 16.5. The summed E-state index contributed by atoms with van der Waals surface area (Å²) in [7, 11) is 1.58. The van der Waals surface area contributed by atoms with Gasteiger partial charge in [-0.25, -0.2) is 0 Å². The lowest BCUT2D eigenvalue weighted by Gasteiger charge is -2.12. The molecule has 2 aromatic rings. The summed E-state index contributed by atoms with van der Waals surface area (Å²) < 4.78 is 16.5. The third-order valence-electron chi connectivity index (χ3n) is 3.51. The molecule has 0 fully saturated rings. The first-order chi connectivity index (χ1) is 12.2. The Morgan fingerprint density at radius 3 is 2.60 bits per heavy atom. The second kappa shape index (κ2) is 9.52. The maximum atomic E-state index is 12.3. The van der Waals surface area contributed by atoms with Crippen molar-refractivity contribution in [2.45, 2.75) is 20.3 Å². The summed E-state index contributed by atoms with van der Waals surface area (Å²) >= 11 is 0. The lowest BCUT2D eigenvalue weighted by atomic mass is 10.1. The SMILES string of the molecule is CCCOc1ccc(/C=C/C(=O)c2cccc(OC)c2)cc1OCC. The first-order valence-electron chi connectivity index (χ1n) is 8.44. The van der Waals surface area contributed by atoms with Gasteiger partial charge in [0.2, 0.25) is 0 Å². The number of methoxy groups -OCH3 is 1. The number of carbonyl (C=O) groups excluding carboxylic acids is 1. The topological polar surface area (TPSA) is 44.8 Å². The number of ether oxygens (including phenoxy) is 3. The van der Waals surface area contributed by atoms with Crippen molar-refractivity contribution in [3.8, 4) is 17.2 Å². The quantitative estimate of drug-likeness (QED) is 0.487. The Bertz CT molecular complexity index is 734. The molecular formula is C21H24O4. The van der Waals surface area contributed by atoms with E-state index < -0.39 is 0 Å². The fraction of sp³-hybridized carbons (Fsp3) is 0.286. The smallest absolute Gasteiger partial charge is 0.185 e. The lowest BCUT2D eigenvalue weighted by Crippen LogP contribution is -2.00. The van der Waals surface area contributed by atoms with Crippen LogP contribution >= 0.6 is 0 Å². The van der Waals surface area contributed by atoms with Gasteiger partial charge in [0.1, 0.15) is 5.75 Å². The molecule has 0 spiro atoms. The zero-order valence-corrected chi connectivity index (χ0v) is 15.0. The van der Waals surface area contributed by atoms with E-state index in [1.165, 1.54) is 0 Å². The fourth-order valence-electron chi connectivity index (χ4n) is 2.27. The van der Waals surface area contributed by atoms with Gasteiger partial charge in [-0.15, -0.1) is 0 Å². The summed E-state index contributed by atoms with van der Waals surface area (Å²) in [6.07, 6.45) is 4.25. The summed E-state index contributed by atoms with van der Waals surface area (Å²) in [6.45, 7) is 5.18. The number of ketones is 1. The minimum Gasteiger partial charge on any atom is -0.497 e. The molecule has 132 valence electrons. The minimum atomic E-state index is -0.0804. The number of benzene rings is 2. The van der Waals surface area contributed by atoms with Crippen molar-refractivity contribution >= 4 is 11.9 Å². The van der Waals surface area contributed by atoms with Crippen LogP contribution in [0.25, 0.3) is 6.08 Å². The predicted octanol–water partition coefficient (Wildman–Crippen LogP) is 4.78. The molecule has 2 aromatic carbocycles. The van der Waals surface area contributed by atoms with Crippen molar-refractivity contribution in [1.82, 2.24) is 0 Å². The maximum absolute atomic E-state index is 12.3. The Balaban J connectivity index is 2.16. The van der Waals surface area contributed by atoms with Crippen molar-refractivity contribution in [3.63, 3.8) is 0 Å². The zero-order valence-electron chi connectivity index (χ0n) is 15.0. The van der Waals surface area contributed by atoms with E-state index in [2.05, 4.69) is 6.92 Å². The van der Waals surface area contributed by atoms with Crippen LogP contribution in [-0.4, -0.2) is 26.1 Å². The van der Waals surface area contributed by atoms with Crippen molar-refractivity contribution < 1.29 is 19.0 Å². The molecule has 2 rings (SSSR count). The van der Waals surface area contributed by atoms with E-state index in [1.54, 1.807) is 37.5 Å². The summed E-state index contributed by atoms with van der Waals surface area (Å²) in [4.78, 5) is 12.3. The number of carbonyl (C=O) groups is 1. The highest BCUT2D eigenvalue weighted by Gasteiger charge is 2.07. The fourth-order valence-corrected chi connectivity index (χ4v) is 2.27. The van der Waals surface area contributed by atoms with Gasteiger partial charge in [-0.1, -0.05) is 31.2 Å². The molecule has 0 amide bonds.